The lowest BCUT2D eigenvalue weighted by Gasteiger charge is -2.22. The van der Waals surface area contributed by atoms with Crippen molar-refractivity contribution in [3.63, 3.8) is 0 Å². The molecule has 0 spiro atoms. The molecule has 88 valence electrons. The number of carbonyl (C=O) groups excluding carboxylic acids is 1. The van der Waals surface area contributed by atoms with E-state index in [0.29, 0.717) is 5.02 Å². The highest BCUT2D eigenvalue weighted by Gasteiger charge is 2.13. The van der Waals surface area contributed by atoms with E-state index in [2.05, 4.69) is 10.9 Å². The molecule has 2 rings (SSSR count). The largest absolute Gasteiger partial charge is 0.507 e. The van der Waals surface area contributed by atoms with Gasteiger partial charge >= 0.3 is 0 Å². The van der Waals surface area contributed by atoms with Gasteiger partial charge in [-0.15, -0.1) is 0 Å². The first-order valence-corrected chi connectivity index (χ1v) is 5.23. The van der Waals surface area contributed by atoms with Crippen LogP contribution in [0.15, 0.2) is 42.8 Å². The molecule has 0 aromatic heterocycles. The van der Waals surface area contributed by atoms with Gasteiger partial charge in [-0.2, -0.15) is 0 Å². The van der Waals surface area contributed by atoms with E-state index in [0.717, 1.165) is 0 Å². The summed E-state index contributed by atoms with van der Waals surface area (Å²) >= 11 is 5.76. The Labute approximate surface area is 103 Å². The van der Waals surface area contributed by atoms with Crippen molar-refractivity contribution >= 4 is 17.5 Å². The van der Waals surface area contributed by atoms with Crippen molar-refractivity contribution in [2.45, 2.75) is 0 Å². The van der Waals surface area contributed by atoms with Gasteiger partial charge in [0, 0.05) is 17.4 Å². The van der Waals surface area contributed by atoms with Crippen LogP contribution in [0.3, 0.4) is 0 Å². The van der Waals surface area contributed by atoms with Crippen LogP contribution in [0.4, 0.5) is 0 Å². The molecule has 0 saturated heterocycles. The molecule has 5 nitrogen and oxygen atoms in total. The molecule has 0 unspecified atom stereocenters. The van der Waals surface area contributed by atoms with E-state index in [1.165, 1.54) is 23.3 Å². The first-order valence-electron chi connectivity index (χ1n) is 4.85. The highest BCUT2D eigenvalue weighted by Crippen LogP contribution is 2.21. The summed E-state index contributed by atoms with van der Waals surface area (Å²) in [6.45, 7) is 0. The van der Waals surface area contributed by atoms with Gasteiger partial charge in [0.2, 0.25) is 0 Å². The minimum absolute atomic E-state index is 0.113. The molecular formula is C11H10ClN3O2. The molecule has 0 saturated carbocycles. The molecule has 1 heterocycles. The predicted molar refractivity (Wildman–Crippen MR) is 63.8 cm³/mol. The quantitative estimate of drug-likeness (QED) is 0.746. The van der Waals surface area contributed by atoms with Crippen LogP contribution in [0.25, 0.3) is 0 Å². The van der Waals surface area contributed by atoms with Gasteiger partial charge in [-0.3, -0.25) is 10.2 Å². The number of phenols is 1. The molecule has 6 heteroatoms. The normalized spacial score (nSPS) is 13.4. The van der Waals surface area contributed by atoms with Crippen LogP contribution in [-0.2, 0) is 0 Å². The van der Waals surface area contributed by atoms with Crippen molar-refractivity contribution < 1.29 is 9.90 Å². The second kappa shape index (κ2) is 4.80. The van der Waals surface area contributed by atoms with Gasteiger partial charge in [0.05, 0.1) is 5.56 Å². The topological polar surface area (TPSA) is 64.6 Å². The van der Waals surface area contributed by atoms with Crippen LogP contribution >= 0.6 is 11.6 Å². The maximum absolute atomic E-state index is 11.8. The summed E-state index contributed by atoms with van der Waals surface area (Å²) in [5.74, 6) is -0.583. The number of benzene rings is 1. The summed E-state index contributed by atoms with van der Waals surface area (Å²) in [5, 5.41) is 11.3. The number of nitrogens with zero attached hydrogens (tertiary/aromatic N) is 1. The molecule has 3 N–H and O–H groups in total. The first-order chi connectivity index (χ1) is 8.16. The average Bonchev–Trinajstić information content (AvgIpc) is 2.33. The van der Waals surface area contributed by atoms with E-state index in [1.54, 1.807) is 24.6 Å². The van der Waals surface area contributed by atoms with E-state index in [1.807, 2.05) is 0 Å². The molecule has 0 bridgehead atoms. The van der Waals surface area contributed by atoms with Crippen molar-refractivity contribution in [1.29, 1.82) is 0 Å². The highest BCUT2D eigenvalue weighted by molar-refractivity contribution is 6.31. The van der Waals surface area contributed by atoms with Gasteiger partial charge in [0.25, 0.3) is 5.91 Å². The summed E-state index contributed by atoms with van der Waals surface area (Å²) in [7, 11) is 0. The van der Waals surface area contributed by atoms with Crippen LogP contribution in [0.1, 0.15) is 10.4 Å². The number of nitrogens with one attached hydrogen (secondary N) is 2. The Morgan fingerprint density at radius 2 is 2.24 bits per heavy atom. The Morgan fingerprint density at radius 3 is 2.94 bits per heavy atom. The third-order valence-corrected chi connectivity index (χ3v) is 2.32. The number of carbonyl (C=O) groups is 1. The third kappa shape index (κ3) is 2.70. The number of phenolic OH excluding ortho intramolecular Hbond substituents is 1. The summed E-state index contributed by atoms with van der Waals surface area (Å²) in [6, 6.07) is 4.28. The maximum atomic E-state index is 11.8. The number of hydrogen-bond donors (Lipinski definition) is 3. The van der Waals surface area contributed by atoms with Crippen molar-refractivity contribution in [3.8, 4) is 5.75 Å². The lowest BCUT2D eigenvalue weighted by molar-refractivity contribution is 0.0810. The summed E-state index contributed by atoms with van der Waals surface area (Å²) in [6.07, 6.45) is 6.80. The first kappa shape index (κ1) is 11.3. The van der Waals surface area contributed by atoms with Gasteiger partial charge < -0.3 is 5.11 Å². The van der Waals surface area contributed by atoms with E-state index in [9.17, 15) is 9.90 Å². The standard InChI is InChI=1S/C11H10ClN3O2/c12-8-3-4-10(16)9(7-8)11(17)14-15-6-2-1-5-13-15/h1-7,13,16H,(H,14,17). The SMILES string of the molecule is O=C(NN1C=CC=CN1)c1cc(Cl)ccc1O. The Balaban J connectivity index is 2.11. The number of halogens is 1. The van der Waals surface area contributed by atoms with Crippen LogP contribution in [0, 0.1) is 0 Å². The molecule has 1 amide bonds. The van der Waals surface area contributed by atoms with Crippen LogP contribution in [0.5, 0.6) is 5.75 Å². The molecule has 0 aliphatic carbocycles. The van der Waals surface area contributed by atoms with Crippen molar-refractivity contribution in [2.75, 3.05) is 0 Å². The zero-order valence-corrected chi connectivity index (χ0v) is 9.48. The lowest BCUT2D eigenvalue weighted by atomic mass is 10.2. The fourth-order valence-corrected chi connectivity index (χ4v) is 1.46. The zero-order chi connectivity index (χ0) is 12.3. The zero-order valence-electron chi connectivity index (χ0n) is 8.72. The minimum atomic E-state index is -0.461. The van der Waals surface area contributed by atoms with Crippen molar-refractivity contribution in [3.05, 3.63) is 53.3 Å². The molecule has 1 aliphatic rings. The summed E-state index contributed by atoms with van der Waals surface area (Å²) in [4.78, 5) is 11.8. The van der Waals surface area contributed by atoms with E-state index < -0.39 is 5.91 Å². The Morgan fingerprint density at radius 1 is 1.41 bits per heavy atom. The fourth-order valence-electron chi connectivity index (χ4n) is 1.29. The predicted octanol–water partition coefficient (Wildman–Crippen LogP) is 1.54. The Kier molecular flexibility index (Phi) is 3.20. The van der Waals surface area contributed by atoms with Gasteiger partial charge in [0.15, 0.2) is 0 Å². The van der Waals surface area contributed by atoms with Gasteiger partial charge in [-0.05, 0) is 30.4 Å². The molecule has 0 fully saturated rings. The number of hydrazine groups is 2. The minimum Gasteiger partial charge on any atom is -0.507 e. The maximum Gasteiger partial charge on any atom is 0.275 e. The Bertz CT molecular complexity index is 499. The number of rotatable bonds is 2. The van der Waals surface area contributed by atoms with Crippen molar-refractivity contribution in [1.82, 2.24) is 16.0 Å². The third-order valence-electron chi connectivity index (χ3n) is 2.08. The average molecular weight is 252 g/mol. The number of hydrogen-bond acceptors (Lipinski definition) is 4. The molecule has 17 heavy (non-hydrogen) atoms. The van der Waals surface area contributed by atoms with Gasteiger partial charge in [-0.1, -0.05) is 11.6 Å². The lowest BCUT2D eigenvalue weighted by Crippen LogP contribution is -2.45. The molecule has 1 aromatic rings. The number of allylic oxidation sites excluding steroid dienone is 2. The number of aromatic hydroxyl groups is 1. The molecule has 1 aromatic carbocycles. The van der Waals surface area contributed by atoms with Gasteiger partial charge in [0.1, 0.15) is 5.75 Å². The summed E-state index contributed by atoms with van der Waals surface area (Å²) in [5.41, 5.74) is 5.42. The highest BCUT2D eigenvalue weighted by atomic mass is 35.5. The molecule has 1 aliphatic heterocycles. The smallest absolute Gasteiger partial charge is 0.275 e. The fraction of sp³-hybridized carbons (Fsp3) is 0. The number of amides is 1. The summed E-state index contributed by atoms with van der Waals surface area (Å²) < 4.78 is 0. The molecular weight excluding hydrogens is 242 g/mol. The van der Waals surface area contributed by atoms with E-state index in [-0.39, 0.29) is 11.3 Å². The van der Waals surface area contributed by atoms with Crippen LogP contribution in [0.2, 0.25) is 5.02 Å². The second-order valence-electron chi connectivity index (χ2n) is 3.30. The van der Waals surface area contributed by atoms with Gasteiger partial charge in [-0.25, -0.2) is 10.5 Å². The second-order valence-corrected chi connectivity index (χ2v) is 3.74. The van der Waals surface area contributed by atoms with Crippen LogP contribution in [-0.4, -0.2) is 16.1 Å². The molecule has 0 atom stereocenters. The van der Waals surface area contributed by atoms with Crippen LogP contribution < -0.4 is 10.9 Å². The van der Waals surface area contributed by atoms with Crippen molar-refractivity contribution in [2.24, 2.45) is 0 Å². The Hall–Kier alpha value is -2.14. The monoisotopic (exact) mass is 251 g/mol. The molecule has 0 radical (unpaired) electrons. The van der Waals surface area contributed by atoms with E-state index >= 15 is 0 Å². The van der Waals surface area contributed by atoms with E-state index in [4.69, 9.17) is 11.6 Å².